The van der Waals surface area contributed by atoms with E-state index in [2.05, 4.69) is 4.89 Å². The highest BCUT2D eigenvalue weighted by Crippen LogP contribution is 2.28. The third-order valence-corrected chi connectivity index (χ3v) is 4.03. The predicted octanol–water partition coefficient (Wildman–Crippen LogP) is 4.60. The van der Waals surface area contributed by atoms with Gasteiger partial charge in [0.25, 0.3) is 0 Å². The lowest BCUT2D eigenvalue weighted by Crippen LogP contribution is -2.30. The molecule has 5 heteroatoms. The maximum atomic E-state index is 12.7. The first kappa shape index (κ1) is 20.4. The van der Waals surface area contributed by atoms with Crippen molar-refractivity contribution in [3.63, 3.8) is 0 Å². The summed E-state index contributed by atoms with van der Waals surface area (Å²) in [5.41, 5.74) is 1.10. The standard InChI is InChI=1S/C22H23NO4/c1-16(14-22(2,3)27-25)26-21(24)19(15-23)20(17-10-6-4-7-11-17)18-12-8-5-9-13-18/h4-13,16,25H,14H2,1-3H3. The second-order valence-corrected chi connectivity index (χ2v) is 6.86. The maximum Gasteiger partial charge on any atom is 0.349 e. The van der Waals surface area contributed by atoms with Gasteiger partial charge in [0.15, 0.2) is 0 Å². The smallest absolute Gasteiger partial charge is 0.349 e. The average molecular weight is 365 g/mol. The first-order valence-electron chi connectivity index (χ1n) is 8.66. The minimum absolute atomic E-state index is 0.0676. The molecule has 0 saturated carbocycles. The Bertz CT molecular complexity index is 794. The second kappa shape index (κ2) is 9.13. The highest BCUT2D eigenvalue weighted by atomic mass is 17.1. The Labute approximate surface area is 159 Å². The highest BCUT2D eigenvalue weighted by Gasteiger charge is 2.27. The van der Waals surface area contributed by atoms with Gasteiger partial charge in [0, 0.05) is 12.0 Å². The Balaban J connectivity index is 2.42. The van der Waals surface area contributed by atoms with Gasteiger partial charge in [-0.1, -0.05) is 60.7 Å². The van der Waals surface area contributed by atoms with E-state index < -0.39 is 17.7 Å². The van der Waals surface area contributed by atoms with E-state index in [9.17, 15) is 10.1 Å². The van der Waals surface area contributed by atoms with Crippen LogP contribution in [0.15, 0.2) is 66.2 Å². The molecule has 2 aromatic rings. The molecule has 0 radical (unpaired) electrons. The van der Waals surface area contributed by atoms with Crippen molar-refractivity contribution >= 4 is 11.5 Å². The van der Waals surface area contributed by atoms with Crippen LogP contribution < -0.4 is 0 Å². The summed E-state index contributed by atoms with van der Waals surface area (Å²) < 4.78 is 5.45. The van der Waals surface area contributed by atoms with Gasteiger partial charge in [-0.05, 0) is 31.9 Å². The Kier molecular flexibility index (Phi) is 6.89. The van der Waals surface area contributed by atoms with Crippen LogP contribution in [0.2, 0.25) is 0 Å². The summed E-state index contributed by atoms with van der Waals surface area (Å²) in [6.07, 6.45) is -0.268. The van der Waals surface area contributed by atoms with Crippen molar-refractivity contribution in [3.8, 4) is 6.07 Å². The fraction of sp³-hybridized carbons (Fsp3) is 0.273. The predicted molar refractivity (Wildman–Crippen MR) is 102 cm³/mol. The molecule has 140 valence electrons. The molecule has 0 spiro atoms. The first-order valence-corrected chi connectivity index (χ1v) is 8.66. The number of carbonyl (C=O) groups excluding carboxylic acids is 1. The lowest BCUT2D eigenvalue weighted by Gasteiger charge is -2.24. The molecule has 0 aliphatic rings. The number of hydrogen-bond donors (Lipinski definition) is 1. The van der Waals surface area contributed by atoms with Crippen LogP contribution in [0.5, 0.6) is 0 Å². The van der Waals surface area contributed by atoms with Crippen LogP contribution in [0.25, 0.3) is 5.57 Å². The summed E-state index contributed by atoms with van der Waals surface area (Å²) in [5, 5.41) is 18.6. The highest BCUT2D eigenvalue weighted by molar-refractivity contribution is 6.05. The van der Waals surface area contributed by atoms with Crippen LogP contribution in [-0.2, 0) is 14.4 Å². The Morgan fingerprint density at radius 3 is 1.96 bits per heavy atom. The molecular formula is C22H23NO4. The van der Waals surface area contributed by atoms with Crippen LogP contribution in [0.1, 0.15) is 38.3 Å². The molecule has 0 amide bonds. The summed E-state index contributed by atoms with van der Waals surface area (Å²) >= 11 is 0. The molecule has 0 saturated heterocycles. The van der Waals surface area contributed by atoms with Crippen LogP contribution in [-0.4, -0.2) is 22.9 Å². The molecule has 1 atom stereocenters. The number of hydrogen-bond acceptors (Lipinski definition) is 5. The maximum absolute atomic E-state index is 12.7. The van der Waals surface area contributed by atoms with Crippen molar-refractivity contribution < 1.29 is 19.7 Å². The van der Waals surface area contributed by atoms with Crippen molar-refractivity contribution in [2.24, 2.45) is 0 Å². The van der Waals surface area contributed by atoms with E-state index in [0.29, 0.717) is 5.57 Å². The topological polar surface area (TPSA) is 79.5 Å². The lowest BCUT2D eigenvalue weighted by atomic mass is 9.93. The first-order chi connectivity index (χ1) is 12.9. The molecule has 27 heavy (non-hydrogen) atoms. The SMILES string of the molecule is CC(CC(C)(C)OO)OC(=O)C(C#N)=C(c1ccccc1)c1ccccc1. The molecule has 0 fully saturated rings. The number of carbonyl (C=O) groups is 1. The van der Waals surface area contributed by atoms with Crippen LogP contribution >= 0.6 is 0 Å². The monoisotopic (exact) mass is 365 g/mol. The normalized spacial score (nSPS) is 12.0. The molecule has 0 bridgehead atoms. The molecule has 1 N–H and O–H groups in total. The zero-order chi connectivity index (χ0) is 19.9. The van der Waals surface area contributed by atoms with Gasteiger partial charge in [-0.2, -0.15) is 5.26 Å². The van der Waals surface area contributed by atoms with Crippen LogP contribution in [0.3, 0.4) is 0 Å². The van der Waals surface area contributed by atoms with E-state index in [0.717, 1.165) is 11.1 Å². The van der Waals surface area contributed by atoms with Gasteiger partial charge in [-0.15, -0.1) is 0 Å². The van der Waals surface area contributed by atoms with E-state index >= 15 is 0 Å². The van der Waals surface area contributed by atoms with Crippen molar-refractivity contribution in [3.05, 3.63) is 77.4 Å². The van der Waals surface area contributed by atoms with Gasteiger partial charge < -0.3 is 4.74 Å². The van der Waals surface area contributed by atoms with E-state index in [1.165, 1.54) is 0 Å². The Morgan fingerprint density at radius 1 is 1.07 bits per heavy atom. The van der Waals surface area contributed by atoms with Crippen molar-refractivity contribution in [1.29, 1.82) is 5.26 Å². The van der Waals surface area contributed by atoms with Crippen molar-refractivity contribution in [2.75, 3.05) is 0 Å². The quantitative estimate of drug-likeness (QED) is 0.255. The van der Waals surface area contributed by atoms with Crippen LogP contribution in [0, 0.1) is 11.3 Å². The largest absolute Gasteiger partial charge is 0.458 e. The number of nitriles is 1. The molecule has 2 aromatic carbocycles. The third-order valence-electron chi connectivity index (χ3n) is 4.03. The van der Waals surface area contributed by atoms with Gasteiger partial charge in [0.1, 0.15) is 23.3 Å². The molecule has 1 unspecified atom stereocenters. The second-order valence-electron chi connectivity index (χ2n) is 6.86. The summed E-state index contributed by atoms with van der Waals surface area (Å²) in [6.45, 7) is 5.05. The van der Waals surface area contributed by atoms with E-state index in [-0.39, 0.29) is 12.0 Å². The molecular weight excluding hydrogens is 342 g/mol. The number of ether oxygens (including phenoxy) is 1. The average Bonchev–Trinajstić information content (AvgIpc) is 2.66. The molecule has 0 aliphatic heterocycles. The number of esters is 1. The number of rotatable bonds is 7. The van der Waals surface area contributed by atoms with Crippen molar-refractivity contribution in [1.82, 2.24) is 0 Å². The summed E-state index contributed by atoms with van der Waals surface area (Å²) in [4.78, 5) is 17.1. The van der Waals surface area contributed by atoms with E-state index in [4.69, 9.17) is 9.99 Å². The fourth-order valence-electron chi connectivity index (χ4n) is 2.88. The lowest BCUT2D eigenvalue weighted by molar-refractivity contribution is -0.317. The van der Waals surface area contributed by atoms with Gasteiger partial charge in [-0.25, -0.2) is 9.68 Å². The van der Waals surface area contributed by atoms with Gasteiger partial charge in [-0.3, -0.25) is 5.26 Å². The summed E-state index contributed by atoms with van der Waals surface area (Å²) in [5.74, 6) is -0.707. The number of nitrogens with zero attached hydrogens (tertiary/aromatic N) is 1. The Morgan fingerprint density at radius 2 is 1.56 bits per heavy atom. The summed E-state index contributed by atoms with van der Waals surface area (Å²) in [6, 6.07) is 20.5. The minimum Gasteiger partial charge on any atom is -0.458 e. The fourth-order valence-corrected chi connectivity index (χ4v) is 2.88. The molecule has 0 heterocycles. The molecule has 0 aromatic heterocycles. The number of benzene rings is 2. The van der Waals surface area contributed by atoms with E-state index in [1.807, 2.05) is 66.7 Å². The van der Waals surface area contributed by atoms with Gasteiger partial charge in [0.05, 0.1) is 0 Å². The van der Waals surface area contributed by atoms with Crippen LogP contribution in [0.4, 0.5) is 0 Å². The van der Waals surface area contributed by atoms with Gasteiger partial charge >= 0.3 is 5.97 Å². The van der Waals surface area contributed by atoms with Crippen molar-refractivity contribution in [2.45, 2.75) is 38.9 Å². The molecule has 5 nitrogen and oxygen atoms in total. The zero-order valence-corrected chi connectivity index (χ0v) is 15.7. The third kappa shape index (κ3) is 5.52. The minimum atomic E-state index is -0.863. The zero-order valence-electron chi connectivity index (χ0n) is 15.7. The Hall–Kier alpha value is -2.94. The molecule has 0 aliphatic carbocycles. The van der Waals surface area contributed by atoms with E-state index in [1.54, 1.807) is 20.8 Å². The summed E-state index contributed by atoms with van der Waals surface area (Å²) in [7, 11) is 0. The van der Waals surface area contributed by atoms with Gasteiger partial charge in [0.2, 0.25) is 0 Å². The molecule has 2 rings (SSSR count).